The van der Waals surface area contributed by atoms with Crippen LogP contribution < -0.4 is 16.1 Å². The summed E-state index contributed by atoms with van der Waals surface area (Å²) >= 11 is 0. The zero-order valence-electron chi connectivity index (χ0n) is 19.7. The molecule has 2 atom stereocenters. The molecule has 2 aromatic rings. The largest absolute Gasteiger partial charge is 0.479 e. The molecule has 2 aromatic carbocycles. The third kappa shape index (κ3) is 6.36. The topological polar surface area (TPSA) is 143 Å². The van der Waals surface area contributed by atoms with Gasteiger partial charge in [-0.25, -0.2) is 15.1 Å². The van der Waals surface area contributed by atoms with Gasteiger partial charge in [-0.05, 0) is 35.1 Å². The van der Waals surface area contributed by atoms with Gasteiger partial charge in [0.1, 0.15) is 12.6 Å². The van der Waals surface area contributed by atoms with Crippen molar-refractivity contribution in [2.24, 2.45) is 5.92 Å². The van der Waals surface area contributed by atoms with E-state index in [-0.39, 0.29) is 18.4 Å². The summed E-state index contributed by atoms with van der Waals surface area (Å²) in [7, 11) is 0. The number of hydrogen-bond acceptors (Lipinski definition) is 6. The quantitative estimate of drug-likeness (QED) is 0.379. The van der Waals surface area contributed by atoms with Gasteiger partial charge in [0.05, 0.1) is 6.54 Å². The maximum Gasteiger partial charge on any atom is 0.407 e. The highest BCUT2D eigenvalue weighted by Crippen LogP contribution is 2.44. The molecular weight excluding hydrogens is 454 g/mol. The molecule has 0 fully saturated rings. The van der Waals surface area contributed by atoms with Crippen LogP contribution in [0.2, 0.25) is 0 Å². The number of fused-ring (bicyclic) bond motifs is 3. The van der Waals surface area contributed by atoms with Gasteiger partial charge in [-0.1, -0.05) is 62.4 Å². The maximum atomic E-state index is 12.6. The minimum absolute atomic E-state index is 0.105. The van der Waals surface area contributed by atoms with E-state index in [1.54, 1.807) is 13.8 Å². The van der Waals surface area contributed by atoms with Gasteiger partial charge in [0.2, 0.25) is 5.91 Å². The third-order valence-electron chi connectivity index (χ3n) is 5.69. The molecule has 1 aliphatic carbocycles. The van der Waals surface area contributed by atoms with Gasteiger partial charge in [0.15, 0.2) is 6.10 Å². The standard InChI is InChI=1S/C25H29N3O7/c1-14(2)22(23(30)26-12-21(29)28-35-15(3)24(31)32)27-25(33)34-13-20-18-10-6-4-8-16(18)17-9-5-7-11-19(17)20/h4-11,14-15,20,22H,12-13H2,1-3H3,(H,26,30)(H,27,33)(H,28,29)(H,31,32)/t15?,22-/m0/s1. The fourth-order valence-electron chi connectivity index (χ4n) is 3.82. The van der Waals surface area contributed by atoms with Crippen molar-refractivity contribution in [2.75, 3.05) is 13.2 Å². The van der Waals surface area contributed by atoms with E-state index in [0.717, 1.165) is 22.3 Å². The normalized spacial score (nSPS) is 13.8. The number of hydrogen-bond donors (Lipinski definition) is 4. The molecule has 0 saturated carbocycles. The van der Waals surface area contributed by atoms with Gasteiger partial charge < -0.3 is 20.5 Å². The van der Waals surface area contributed by atoms with Gasteiger partial charge in [-0.15, -0.1) is 0 Å². The van der Waals surface area contributed by atoms with Crippen molar-refractivity contribution in [3.63, 3.8) is 0 Å². The van der Waals surface area contributed by atoms with E-state index in [1.165, 1.54) is 6.92 Å². The van der Waals surface area contributed by atoms with Crippen LogP contribution in [0, 0.1) is 5.92 Å². The van der Waals surface area contributed by atoms with E-state index < -0.39 is 42.6 Å². The zero-order valence-corrected chi connectivity index (χ0v) is 19.7. The second-order valence-corrected chi connectivity index (χ2v) is 8.53. The first-order valence-electron chi connectivity index (χ1n) is 11.3. The number of carbonyl (C=O) groups is 4. The second-order valence-electron chi connectivity index (χ2n) is 8.53. The minimum Gasteiger partial charge on any atom is -0.479 e. The number of nitrogens with one attached hydrogen (secondary N) is 3. The highest BCUT2D eigenvalue weighted by molar-refractivity contribution is 5.89. The first-order chi connectivity index (χ1) is 16.7. The monoisotopic (exact) mass is 483 g/mol. The Morgan fingerprint density at radius 2 is 1.51 bits per heavy atom. The van der Waals surface area contributed by atoms with Crippen LogP contribution in [-0.2, 0) is 24.0 Å². The molecule has 1 unspecified atom stereocenters. The number of amides is 3. The summed E-state index contributed by atoms with van der Waals surface area (Å²) < 4.78 is 5.50. The number of hydroxylamine groups is 1. The zero-order chi connectivity index (χ0) is 25.5. The number of aliphatic carboxylic acids is 1. The number of carbonyl (C=O) groups excluding carboxylic acids is 3. The molecule has 0 bridgehead atoms. The van der Waals surface area contributed by atoms with Gasteiger partial charge in [0, 0.05) is 5.92 Å². The van der Waals surface area contributed by atoms with Crippen molar-refractivity contribution in [3.8, 4) is 11.1 Å². The maximum absolute atomic E-state index is 12.6. The van der Waals surface area contributed by atoms with E-state index in [4.69, 9.17) is 9.84 Å². The number of benzene rings is 2. The molecule has 0 spiro atoms. The van der Waals surface area contributed by atoms with Crippen molar-refractivity contribution in [1.29, 1.82) is 0 Å². The average molecular weight is 484 g/mol. The molecule has 35 heavy (non-hydrogen) atoms. The van der Waals surface area contributed by atoms with E-state index in [9.17, 15) is 19.2 Å². The summed E-state index contributed by atoms with van der Waals surface area (Å²) in [6.45, 7) is 4.38. The van der Waals surface area contributed by atoms with E-state index in [1.807, 2.05) is 54.0 Å². The lowest BCUT2D eigenvalue weighted by Gasteiger charge is -2.22. The van der Waals surface area contributed by atoms with Crippen LogP contribution in [0.25, 0.3) is 11.1 Å². The molecular formula is C25H29N3O7. The summed E-state index contributed by atoms with van der Waals surface area (Å²) in [5, 5.41) is 13.7. The average Bonchev–Trinajstić information content (AvgIpc) is 3.16. The Bertz CT molecular complexity index is 1060. The Labute approximate surface area is 202 Å². The van der Waals surface area contributed by atoms with Gasteiger partial charge in [-0.3, -0.25) is 14.4 Å². The molecule has 186 valence electrons. The highest BCUT2D eigenvalue weighted by atomic mass is 16.7. The van der Waals surface area contributed by atoms with Crippen LogP contribution in [0.15, 0.2) is 48.5 Å². The third-order valence-corrected chi connectivity index (χ3v) is 5.69. The van der Waals surface area contributed by atoms with Crippen LogP contribution in [0.1, 0.15) is 37.8 Å². The highest BCUT2D eigenvalue weighted by Gasteiger charge is 2.30. The van der Waals surface area contributed by atoms with E-state index in [2.05, 4.69) is 15.5 Å². The van der Waals surface area contributed by atoms with Gasteiger partial charge in [-0.2, -0.15) is 0 Å². The summed E-state index contributed by atoms with van der Waals surface area (Å²) in [6, 6.07) is 15.0. The molecule has 1 aliphatic rings. The van der Waals surface area contributed by atoms with Gasteiger partial charge in [0.25, 0.3) is 5.91 Å². The number of carboxylic acid groups (broad SMARTS) is 1. The lowest BCUT2D eigenvalue weighted by Crippen LogP contribution is -2.51. The molecule has 4 N–H and O–H groups in total. The predicted molar refractivity (Wildman–Crippen MR) is 126 cm³/mol. The SMILES string of the molecule is CC(ONC(=O)CNC(=O)[C@@H](NC(=O)OCC1c2ccccc2-c2ccccc21)C(C)C)C(=O)O. The molecule has 10 heteroatoms. The summed E-state index contributed by atoms with van der Waals surface area (Å²) in [6.07, 6.45) is -1.99. The fraction of sp³-hybridized carbons (Fsp3) is 0.360. The lowest BCUT2D eigenvalue weighted by molar-refractivity contribution is -0.158. The Morgan fingerprint density at radius 1 is 0.943 bits per heavy atom. The van der Waals surface area contributed by atoms with Gasteiger partial charge >= 0.3 is 12.1 Å². The lowest BCUT2D eigenvalue weighted by atomic mass is 9.98. The van der Waals surface area contributed by atoms with Crippen molar-refractivity contribution in [1.82, 2.24) is 16.1 Å². The number of alkyl carbamates (subject to hydrolysis) is 1. The first kappa shape index (κ1) is 25.7. The van der Waals surface area contributed by atoms with Crippen molar-refractivity contribution in [3.05, 3.63) is 59.7 Å². The van der Waals surface area contributed by atoms with Crippen LogP contribution >= 0.6 is 0 Å². The van der Waals surface area contributed by atoms with Crippen molar-refractivity contribution >= 4 is 23.9 Å². The van der Waals surface area contributed by atoms with Crippen molar-refractivity contribution in [2.45, 2.75) is 38.8 Å². The Kier molecular flexibility index (Phi) is 8.43. The molecule has 0 saturated heterocycles. The number of ether oxygens (including phenoxy) is 1. The smallest absolute Gasteiger partial charge is 0.407 e. The van der Waals surface area contributed by atoms with Crippen LogP contribution in [0.3, 0.4) is 0 Å². The van der Waals surface area contributed by atoms with Crippen LogP contribution in [0.5, 0.6) is 0 Å². The molecule has 0 aliphatic heterocycles. The Balaban J connectivity index is 1.53. The van der Waals surface area contributed by atoms with Crippen LogP contribution in [0.4, 0.5) is 4.79 Å². The summed E-state index contributed by atoms with van der Waals surface area (Å²) in [5.41, 5.74) is 6.31. The molecule has 10 nitrogen and oxygen atoms in total. The summed E-state index contributed by atoms with van der Waals surface area (Å²) in [4.78, 5) is 52.3. The Hall–Kier alpha value is -3.92. The van der Waals surface area contributed by atoms with Crippen molar-refractivity contribution < 1.29 is 33.9 Å². The first-order valence-corrected chi connectivity index (χ1v) is 11.3. The predicted octanol–water partition coefficient (Wildman–Crippen LogP) is 2.19. The molecule has 0 heterocycles. The minimum atomic E-state index is -1.25. The van der Waals surface area contributed by atoms with Crippen LogP contribution in [-0.4, -0.2) is 54.3 Å². The molecule has 3 rings (SSSR count). The molecule has 0 radical (unpaired) electrons. The molecule has 3 amide bonds. The van der Waals surface area contributed by atoms with E-state index >= 15 is 0 Å². The van der Waals surface area contributed by atoms with E-state index in [0.29, 0.717) is 0 Å². The summed E-state index contributed by atoms with van der Waals surface area (Å²) in [5.74, 6) is -2.98. The fourth-order valence-corrected chi connectivity index (χ4v) is 3.82. The number of carboxylic acids is 1. The number of rotatable bonds is 10. The Morgan fingerprint density at radius 3 is 2.06 bits per heavy atom. The second kappa shape index (κ2) is 11.5. The molecule has 0 aromatic heterocycles.